The zero-order valence-corrected chi connectivity index (χ0v) is 22.8. The number of nitrogens with zero attached hydrogens (tertiary/aromatic N) is 4. The first kappa shape index (κ1) is 25.0. The molecular weight excluding hydrogens is 483 g/mol. The second kappa shape index (κ2) is 10.2. The Labute approximate surface area is 213 Å². The molecule has 4 rings (SSSR count). The summed E-state index contributed by atoms with van der Waals surface area (Å²) in [5, 5.41) is 24.9. The molecule has 0 radical (unpaired) electrons. The third-order valence-corrected chi connectivity index (χ3v) is 9.62. The van der Waals surface area contributed by atoms with E-state index < -0.39 is 0 Å². The molecule has 0 saturated carbocycles. The number of aryl methyl sites for hydroxylation is 1. The SMILES string of the molecule is CCCc1cc(-c2nnc(SCC(=O)Nc3sc4c(c3C#N)CCC(C(C)(C)C)C4)n2C)cs1. The Bertz CT molecular complexity index is 1220. The molecule has 0 fully saturated rings. The molecule has 9 heteroatoms. The molecule has 1 aliphatic rings. The van der Waals surface area contributed by atoms with Crippen molar-refractivity contribution < 1.29 is 4.79 Å². The van der Waals surface area contributed by atoms with Gasteiger partial charge < -0.3 is 9.88 Å². The van der Waals surface area contributed by atoms with Crippen LogP contribution in [0.2, 0.25) is 0 Å². The van der Waals surface area contributed by atoms with Gasteiger partial charge in [0.15, 0.2) is 11.0 Å². The number of nitrogens with one attached hydrogen (secondary N) is 1. The highest BCUT2D eigenvalue weighted by molar-refractivity contribution is 7.99. The maximum Gasteiger partial charge on any atom is 0.235 e. The second-order valence-corrected chi connectivity index (χ2v) is 12.9. The third-order valence-electron chi connectivity index (χ3n) is 6.43. The van der Waals surface area contributed by atoms with Gasteiger partial charge >= 0.3 is 0 Å². The van der Waals surface area contributed by atoms with Crippen molar-refractivity contribution in [1.82, 2.24) is 14.8 Å². The molecule has 6 nitrogen and oxygen atoms in total. The summed E-state index contributed by atoms with van der Waals surface area (Å²) in [6.07, 6.45) is 5.16. The molecule has 3 heterocycles. The van der Waals surface area contributed by atoms with E-state index in [0.717, 1.165) is 49.1 Å². The molecule has 0 bridgehead atoms. The van der Waals surface area contributed by atoms with Crippen LogP contribution in [0.15, 0.2) is 16.6 Å². The van der Waals surface area contributed by atoms with E-state index in [1.807, 2.05) is 11.6 Å². The van der Waals surface area contributed by atoms with Crippen LogP contribution < -0.4 is 5.32 Å². The predicted molar refractivity (Wildman–Crippen MR) is 142 cm³/mol. The molecule has 0 aliphatic heterocycles. The Balaban J connectivity index is 1.41. The molecule has 0 saturated heterocycles. The quantitative estimate of drug-likeness (QED) is 0.374. The van der Waals surface area contributed by atoms with Crippen LogP contribution in [0.25, 0.3) is 11.4 Å². The number of amides is 1. The number of anilines is 1. The van der Waals surface area contributed by atoms with Gasteiger partial charge in [-0.1, -0.05) is 45.9 Å². The fourth-order valence-corrected chi connectivity index (χ4v) is 7.37. The molecule has 34 heavy (non-hydrogen) atoms. The predicted octanol–water partition coefficient (Wildman–Crippen LogP) is 6.31. The van der Waals surface area contributed by atoms with Crippen molar-refractivity contribution in [1.29, 1.82) is 5.26 Å². The zero-order chi connectivity index (χ0) is 24.5. The summed E-state index contributed by atoms with van der Waals surface area (Å²) in [6, 6.07) is 4.51. The van der Waals surface area contributed by atoms with Crippen LogP contribution in [-0.2, 0) is 31.1 Å². The van der Waals surface area contributed by atoms with Crippen molar-refractivity contribution in [2.75, 3.05) is 11.1 Å². The van der Waals surface area contributed by atoms with Crippen molar-refractivity contribution in [2.45, 2.75) is 65.0 Å². The van der Waals surface area contributed by atoms with Gasteiger partial charge in [-0.15, -0.1) is 32.9 Å². The van der Waals surface area contributed by atoms with Gasteiger partial charge in [0, 0.05) is 27.7 Å². The van der Waals surface area contributed by atoms with Crippen LogP contribution in [0.5, 0.6) is 0 Å². The van der Waals surface area contributed by atoms with E-state index in [2.05, 4.69) is 60.7 Å². The smallest absolute Gasteiger partial charge is 0.235 e. The Morgan fingerprint density at radius 3 is 2.88 bits per heavy atom. The average Bonchev–Trinajstić information content (AvgIpc) is 3.48. The lowest BCUT2D eigenvalue weighted by molar-refractivity contribution is -0.113. The van der Waals surface area contributed by atoms with Crippen molar-refractivity contribution in [3.05, 3.63) is 32.3 Å². The van der Waals surface area contributed by atoms with Crippen LogP contribution in [-0.4, -0.2) is 26.4 Å². The Hall–Kier alpha value is -2.15. The largest absolute Gasteiger partial charge is 0.316 e. The molecule has 1 aliphatic carbocycles. The summed E-state index contributed by atoms with van der Waals surface area (Å²) in [4.78, 5) is 15.4. The van der Waals surface area contributed by atoms with Crippen molar-refractivity contribution in [3.8, 4) is 17.5 Å². The number of nitriles is 1. The van der Waals surface area contributed by atoms with E-state index in [1.54, 1.807) is 22.7 Å². The lowest BCUT2D eigenvalue weighted by Gasteiger charge is -2.33. The number of hydrogen-bond donors (Lipinski definition) is 1. The monoisotopic (exact) mass is 513 g/mol. The minimum atomic E-state index is -0.127. The Morgan fingerprint density at radius 2 is 2.18 bits per heavy atom. The summed E-state index contributed by atoms with van der Waals surface area (Å²) < 4.78 is 1.94. The van der Waals surface area contributed by atoms with Gasteiger partial charge in [-0.3, -0.25) is 4.79 Å². The molecule has 1 unspecified atom stereocenters. The van der Waals surface area contributed by atoms with Crippen LogP contribution in [0.3, 0.4) is 0 Å². The van der Waals surface area contributed by atoms with Crippen molar-refractivity contribution in [3.63, 3.8) is 0 Å². The second-order valence-electron chi connectivity index (χ2n) is 9.88. The topological polar surface area (TPSA) is 83.6 Å². The van der Waals surface area contributed by atoms with Gasteiger partial charge in [0.05, 0.1) is 11.3 Å². The first-order chi connectivity index (χ1) is 16.2. The van der Waals surface area contributed by atoms with E-state index in [9.17, 15) is 10.1 Å². The number of thiophene rings is 2. The van der Waals surface area contributed by atoms with Gasteiger partial charge in [0.2, 0.25) is 5.91 Å². The number of hydrogen-bond acceptors (Lipinski definition) is 7. The number of rotatable bonds is 7. The summed E-state index contributed by atoms with van der Waals surface area (Å²) >= 11 is 4.68. The summed E-state index contributed by atoms with van der Waals surface area (Å²) in [5.41, 5.74) is 3.08. The highest BCUT2D eigenvalue weighted by Gasteiger charge is 2.32. The maximum absolute atomic E-state index is 12.8. The molecule has 180 valence electrons. The first-order valence-electron chi connectivity index (χ1n) is 11.7. The Kier molecular flexibility index (Phi) is 7.51. The Morgan fingerprint density at radius 1 is 1.38 bits per heavy atom. The van der Waals surface area contributed by atoms with Gasteiger partial charge in [-0.25, -0.2) is 0 Å². The number of carbonyl (C=O) groups excluding carboxylic acids is 1. The molecule has 1 atom stereocenters. The molecule has 1 N–H and O–H groups in total. The van der Waals surface area contributed by atoms with E-state index in [-0.39, 0.29) is 17.1 Å². The van der Waals surface area contributed by atoms with Gasteiger partial charge in [-0.2, -0.15) is 5.26 Å². The molecule has 0 aromatic carbocycles. The van der Waals surface area contributed by atoms with Gasteiger partial charge in [0.1, 0.15) is 11.1 Å². The van der Waals surface area contributed by atoms with Crippen molar-refractivity contribution in [2.24, 2.45) is 18.4 Å². The normalized spacial score (nSPS) is 15.7. The number of thioether (sulfide) groups is 1. The lowest BCUT2D eigenvalue weighted by atomic mass is 9.72. The minimum absolute atomic E-state index is 0.127. The summed E-state index contributed by atoms with van der Waals surface area (Å²) in [6.45, 7) is 9.01. The molecule has 3 aromatic heterocycles. The molecular formula is C25H31N5OS3. The van der Waals surface area contributed by atoms with E-state index in [0.29, 0.717) is 21.6 Å². The van der Waals surface area contributed by atoms with Crippen LogP contribution in [0, 0.1) is 22.7 Å². The molecule has 3 aromatic rings. The van der Waals surface area contributed by atoms with Crippen molar-refractivity contribution >= 4 is 45.3 Å². The summed E-state index contributed by atoms with van der Waals surface area (Å²) in [7, 11) is 1.93. The number of aromatic nitrogens is 3. The molecule has 1 amide bonds. The maximum atomic E-state index is 12.8. The van der Waals surface area contributed by atoms with E-state index in [1.165, 1.54) is 21.5 Å². The van der Waals surface area contributed by atoms with Crippen LogP contribution >= 0.6 is 34.4 Å². The third kappa shape index (κ3) is 5.24. The zero-order valence-electron chi connectivity index (χ0n) is 20.4. The fourth-order valence-electron chi connectivity index (χ4n) is 4.39. The van der Waals surface area contributed by atoms with Crippen LogP contribution in [0.4, 0.5) is 5.00 Å². The van der Waals surface area contributed by atoms with E-state index >= 15 is 0 Å². The highest BCUT2D eigenvalue weighted by Crippen LogP contribution is 2.44. The van der Waals surface area contributed by atoms with Crippen LogP contribution in [0.1, 0.15) is 61.4 Å². The van der Waals surface area contributed by atoms with Gasteiger partial charge in [-0.05, 0) is 48.6 Å². The fraction of sp³-hybridized carbons (Fsp3) is 0.520. The minimum Gasteiger partial charge on any atom is -0.316 e. The van der Waals surface area contributed by atoms with E-state index in [4.69, 9.17) is 0 Å². The standard InChI is InChI=1S/C25H31N5OS3/c1-6-7-17-10-15(13-32-17)22-28-29-24(30(22)5)33-14-21(31)27-23-19(12-26)18-9-8-16(25(2,3)4)11-20(18)34-23/h10,13,16H,6-9,11,14H2,1-5H3,(H,27,31). The highest BCUT2D eigenvalue weighted by atomic mass is 32.2. The molecule has 0 spiro atoms. The lowest BCUT2D eigenvalue weighted by Crippen LogP contribution is -2.26. The van der Waals surface area contributed by atoms with Gasteiger partial charge in [0.25, 0.3) is 0 Å². The summed E-state index contributed by atoms with van der Waals surface area (Å²) in [5.74, 6) is 1.50. The number of carbonyl (C=O) groups is 1. The average molecular weight is 514 g/mol. The first-order valence-corrected chi connectivity index (χ1v) is 14.3. The number of fused-ring (bicyclic) bond motifs is 1.